The van der Waals surface area contributed by atoms with Gasteiger partial charge in [-0.05, 0) is 55.4 Å². The Morgan fingerprint density at radius 1 is 1.24 bits per heavy atom. The van der Waals surface area contributed by atoms with E-state index in [0.717, 1.165) is 30.6 Å². The lowest BCUT2D eigenvalue weighted by Gasteiger charge is -2.11. The zero-order valence-electron chi connectivity index (χ0n) is 13.7. The van der Waals surface area contributed by atoms with Crippen LogP contribution in [0.5, 0.6) is 0 Å². The maximum Gasteiger partial charge on any atom is 0.330 e. The van der Waals surface area contributed by atoms with Crippen molar-refractivity contribution in [2.45, 2.75) is 43.0 Å². The number of carbonyl (C=O) groups is 1. The largest absolute Gasteiger partial charge is 0.384 e. The van der Waals surface area contributed by atoms with E-state index >= 15 is 0 Å². The first-order chi connectivity index (χ1) is 12.0. The number of nitrogens with two attached hydrogens (primary N) is 1. The topological polar surface area (TPSA) is 98.0 Å². The molecule has 1 heterocycles. The number of rotatable bonds is 5. The maximum absolute atomic E-state index is 12.6. The molecule has 0 amide bonds. The van der Waals surface area contributed by atoms with Gasteiger partial charge < -0.3 is 5.73 Å². The van der Waals surface area contributed by atoms with Crippen LogP contribution in [0, 0.1) is 0 Å². The van der Waals surface area contributed by atoms with E-state index in [1.807, 2.05) is 6.07 Å². The van der Waals surface area contributed by atoms with Gasteiger partial charge in [0.05, 0.1) is 5.75 Å². The van der Waals surface area contributed by atoms with E-state index in [-0.39, 0.29) is 29.0 Å². The number of hydrogen-bond donors (Lipinski definition) is 2. The Labute approximate surface area is 148 Å². The fraction of sp³-hybridized carbons (Fsp3) is 0.389. The second kappa shape index (κ2) is 6.22. The number of benzene rings is 1. The van der Waals surface area contributed by atoms with Crippen LogP contribution in [0.2, 0.25) is 0 Å². The highest BCUT2D eigenvalue weighted by Gasteiger charge is 2.30. The first-order valence-corrected chi connectivity index (χ1v) is 9.45. The predicted molar refractivity (Wildman–Crippen MR) is 97.5 cm³/mol. The number of nitrogens with zero attached hydrogens (tertiary/aromatic N) is 1. The van der Waals surface area contributed by atoms with Gasteiger partial charge in [0.1, 0.15) is 11.4 Å². The summed E-state index contributed by atoms with van der Waals surface area (Å²) in [5, 5.41) is 0. The summed E-state index contributed by atoms with van der Waals surface area (Å²) < 4.78 is 1.34. The van der Waals surface area contributed by atoms with Gasteiger partial charge in [0, 0.05) is 10.9 Å². The lowest BCUT2D eigenvalue weighted by atomic mass is 10.1. The summed E-state index contributed by atoms with van der Waals surface area (Å²) in [4.78, 5) is 39.8. The first-order valence-electron chi connectivity index (χ1n) is 8.46. The molecule has 0 atom stereocenters. The van der Waals surface area contributed by atoms with Crippen LogP contribution in [0.4, 0.5) is 5.82 Å². The van der Waals surface area contributed by atoms with Gasteiger partial charge in [-0.2, -0.15) is 0 Å². The smallest absolute Gasteiger partial charge is 0.330 e. The molecular weight excluding hydrogens is 338 g/mol. The molecule has 25 heavy (non-hydrogen) atoms. The highest BCUT2D eigenvalue weighted by atomic mass is 32.2. The van der Waals surface area contributed by atoms with Crippen LogP contribution in [0.1, 0.15) is 46.8 Å². The third kappa shape index (κ3) is 3.04. The lowest BCUT2D eigenvalue weighted by Crippen LogP contribution is -2.36. The summed E-state index contributed by atoms with van der Waals surface area (Å²) in [7, 11) is 0. The number of aromatic amines is 1. The molecule has 4 rings (SSSR count). The number of aryl methyl sites for hydroxylation is 2. The number of hydrogen-bond acceptors (Lipinski definition) is 5. The minimum absolute atomic E-state index is 0.000244. The Balaban J connectivity index is 1.56. The fourth-order valence-electron chi connectivity index (χ4n) is 3.39. The highest BCUT2D eigenvalue weighted by molar-refractivity contribution is 8.00. The highest BCUT2D eigenvalue weighted by Crippen LogP contribution is 2.35. The minimum Gasteiger partial charge on any atom is -0.384 e. The van der Waals surface area contributed by atoms with Gasteiger partial charge in [-0.25, -0.2) is 4.79 Å². The van der Waals surface area contributed by atoms with E-state index in [0.29, 0.717) is 0 Å². The lowest BCUT2D eigenvalue weighted by molar-refractivity contribution is 0.102. The number of Topliss-reactive ketones (excluding diaryl/α,β-unsaturated/α-hetero) is 1. The molecule has 1 aromatic heterocycles. The Morgan fingerprint density at radius 2 is 2.00 bits per heavy atom. The monoisotopic (exact) mass is 357 g/mol. The van der Waals surface area contributed by atoms with Gasteiger partial charge in [-0.1, -0.05) is 6.07 Å². The van der Waals surface area contributed by atoms with E-state index in [1.54, 1.807) is 0 Å². The average Bonchev–Trinajstić information content (AvgIpc) is 3.28. The van der Waals surface area contributed by atoms with Gasteiger partial charge in [0.2, 0.25) is 0 Å². The minimum atomic E-state index is -0.695. The van der Waals surface area contributed by atoms with Crippen molar-refractivity contribution >= 4 is 23.4 Å². The second-order valence-corrected chi connectivity index (χ2v) is 7.67. The number of aromatic nitrogens is 2. The molecular formula is C18H19N3O3S. The third-order valence-electron chi connectivity index (χ3n) is 4.81. The molecule has 0 radical (unpaired) electrons. The Kier molecular flexibility index (Phi) is 4.03. The van der Waals surface area contributed by atoms with Crippen molar-refractivity contribution in [3.8, 4) is 0 Å². The van der Waals surface area contributed by atoms with Crippen molar-refractivity contribution in [3.05, 3.63) is 55.7 Å². The number of anilines is 1. The molecule has 6 nitrogen and oxygen atoms in total. The van der Waals surface area contributed by atoms with E-state index < -0.39 is 11.2 Å². The van der Waals surface area contributed by atoms with Crippen molar-refractivity contribution in [3.63, 3.8) is 0 Å². The molecule has 130 valence electrons. The van der Waals surface area contributed by atoms with Crippen LogP contribution in [0.25, 0.3) is 0 Å². The number of nitrogens with one attached hydrogen (secondary N) is 1. The standard InChI is InChI=1S/C18H19N3O3S/c19-16-15(17(23)20-18(24)21(16)12-5-6-12)14(22)9-25-13-7-4-10-2-1-3-11(10)8-13/h4,7-8,12H,1-3,5-6,9,19H2,(H,20,23,24). The van der Waals surface area contributed by atoms with Crippen molar-refractivity contribution in [1.29, 1.82) is 0 Å². The molecule has 1 saturated carbocycles. The summed E-state index contributed by atoms with van der Waals surface area (Å²) >= 11 is 1.40. The molecule has 2 aromatic rings. The summed E-state index contributed by atoms with van der Waals surface area (Å²) in [6.07, 6.45) is 5.06. The van der Waals surface area contributed by atoms with E-state index in [1.165, 1.54) is 33.9 Å². The normalized spacial score (nSPS) is 16.0. The summed E-state index contributed by atoms with van der Waals surface area (Å²) in [6.45, 7) is 0. The number of thioether (sulfide) groups is 1. The van der Waals surface area contributed by atoms with Gasteiger partial charge in [0.15, 0.2) is 5.78 Å². The Hall–Kier alpha value is -2.28. The zero-order valence-corrected chi connectivity index (χ0v) is 14.5. The molecule has 2 aliphatic carbocycles. The Bertz CT molecular complexity index is 973. The van der Waals surface area contributed by atoms with Gasteiger partial charge in [-0.15, -0.1) is 11.8 Å². The molecule has 7 heteroatoms. The number of H-pyrrole nitrogens is 1. The quantitative estimate of drug-likeness (QED) is 0.629. The Morgan fingerprint density at radius 3 is 2.76 bits per heavy atom. The van der Waals surface area contributed by atoms with E-state index in [4.69, 9.17) is 5.73 Å². The molecule has 1 aromatic carbocycles. The molecule has 1 fully saturated rings. The predicted octanol–water partition coefficient (Wildman–Crippen LogP) is 1.92. The molecule has 0 spiro atoms. The van der Waals surface area contributed by atoms with E-state index in [9.17, 15) is 14.4 Å². The van der Waals surface area contributed by atoms with Gasteiger partial charge in [-0.3, -0.25) is 19.1 Å². The third-order valence-corrected chi connectivity index (χ3v) is 5.81. The second-order valence-electron chi connectivity index (χ2n) is 6.62. The van der Waals surface area contributed by atoms with Crippen molar-refractivity contribution in [2.75, 3.05) is 11.5 Å². The van der Waals surface area contributed by atoms with Crippen LogP contribution in [-0.4, -0.2) is 21.1 Å². The number of nitrogen functional groups attached to an aromatic ring is 1. The van der Waals surface area contributed by atoms with Gasteiger partial charge in [0.25, 0.3) is 5.56 Å². The van der Waals surface area contributed by atoms with Crippen LogP contribution in [0.3, 0.4) is 0 Å². The van der Waals surface area contributed by atoms with Crippen molar-refractivity contribution in [2.24, 2.45) is 0 Å². The summed E-state index contributed by atoms with van der Waals surface area (Å²) in [6, 6.07) is 6.25. The fourth-order valence-corrected chi connectivity index (χ4v) is 4.22. The SMILES string of the molecule is Nc1c(C(=O)CSc2ccc3c(c2)CCC3)c(=O)[nH]c(=O)n1C1CC1. The molecule has 0 bridgehead atoms. The zero-order chi connectivity index (χ0) is 17.6. The van der Waals surface area contributed by atoms with Crippen LogP contribution >= 0.6 is 11.8 Å². The van der Waals surface area contributed by atoms with E-state index in [2.05, 4.69) is 17.1 Å². The van der Waals surface area contributed by atoms with Crippen molar-refractivity contribution < 1.29 is 4.79 Å². The molecule has 3 N–H and O–H groups in total. The molecule has 0 aliphatic heterocycles. The molecule has 0 saturated heterocycles. The number of ketones is 1. The van der Waals surface area contributed by atoms with Crippen LogP contribution in [-0.2, 0) is 12.8 Å². The molecule has 2 aliphatic rings. The maximum atomic E-state index is 12.6. The van der Waals surface area contributed by atoms with Gasteiger partial charge >= 0.3 is 5.69 Å². The van der Waals surface area contributed by atoms with Crippen molar-refractivity contribution in [1.82, 2.24) is 9.55 Å². The van der Waals surface area contributed by atoms with Crippen LogP contribution in [0.15, 0.2) is 32.7 Å². The first kappa shape index (κ1) is 16.2. The van der Waals surface area contributed by atoms with Crippen LogP contribution < -0.4 is 17.0 Å². The molecule has 0 unspecified atom stereocenters. The number of fused-ring (bicyclic) bond motifs is 1. The summed E-state index contributed by atoms with van der Waals surface area (Å²) in [5.41, 5.74) is 7.38. The average molecular weight is 357 g/mol. The summed E-state index contributed by atoms with van der Waals surface area (Å²) in [5.74, 6) is -0.232. The number of carbonyl (C=O) groups excluding carboxylic acids is 1.